The molecule has 4 aliphatic rings. The molecule has 39 heavy (non-hydrogen) atoms. The van der Waals surface area contributed by atoms with Crippen LogP contribution < -0.4 is 0 Å². The largest absolute Gasteiger partial charge is 0.396 e. The number of hydrogen-bond acceptors (Lipinski definition) is 7. The lowest BCUT2D eigenvalue weighted by Gasteiger charge is -2.35. The van der Waals surface area contributed by atoms with Crippen LogP contribution in [0.4, 0.5) is 0 Å². The minimum Gasteiger partial charge on any atom is -0.396 e. The number of likely N-dealkylation sites (tertiary alicyclic amines) is 1. The third-order valence-electron chi connectivity index (χ3n) is 8.48. The fourth-order valence-corrected chi connectivity index (χ4v) is 8.62. The van der Waals surface area contributed by atoms with E-state index in [1.165, 1.54) is 0 Å². The molecule has 1 spiro atoms. The van der Waals surface area contributed by atoms with Crippen LogP contribution in [-0.4, -0.2) is 102 Å². The van der Waals surface area contributed by atoms with Gasteiger partial charge in [-0.05, 0) is 25.0 Å². The van der Waals surface area contributed by atoms with Crippen molar-refractivity contribution < 1.29 is 19.5 Å². The van der Waals surface area contributed by atoms with Crippen LogP contribution >= 0.6 is 11.8 Å². The lowest BCUT2D eigenvalue weighted by atomic mass is 9.78. The van der Waals surface area contributed by atoms with Gasteiger partial charge in [-0.1, -0.05) is 54.5 Å². The molecule has 11 heteroatoms. The van der Waals surface area contributed by atoms with E-state index in [9.17, 15) is 14.4 Å². The summed E-state index contributed by atoms with van der Waals surface area (Å²) >= 11 is 1.60. The molecule has 5 atom stereocenters. The molecule has 6 rings (SSSR count). The minimum absolute atomic E-state index is 0.0349. The molecule has 2 saturated heterocycles. The maximum Gasteiger partial charge on any atom is 0.248 e. The fourth-order valence-electron chi connectivity index (χ4n) is 6.61. The molecule has 1 N–H and O–H groups in total. The Morgan fingerprint density at radius 3 is 2.69 bits per heavy atom. The summed E-state index contributed by atoms with van der Waals surface area (Å²) in [6.45, 7) is 1.72. The van der Waals surface area contributed by atoms with Crippen molar-refractivity contribution >= 4 is 40.5 Å². The van der Waals surface area contributed by atoms with Gasteiger partial charge in [0.1, 0.15) is 18.2 Å². The predicted molar refractivity (Wildman–Crippen MR) is 147 cm³/mol. The Morgan fingerprint density at radius 2 is 1.85 bits per heavy atom. The highest BCUT2D eigenvalue weighted by atomic mass is 32.2. The number of rotatable bonds is 8. The van der Waals surface area contributed by atoms with E-state index in [1.54, 1.807) is 38.2 Å². The van der Waals surface area contributed by atoms with Crippen LogP contribution in [0.2, 0.25) is 0 Å². The topological polar surface area (TPSA) is 112 Å². The van der Waals surface area contributed by atoms with Crippen molar-refractivity contribution in [2.75, 3.05) is 33.3 Å². The Kier molecular flexibility index (Phi) is 6.96. The molecule has 1 aromatic carbocycles. The first kappa shape index (κ1) is 26.1. The summed E-state index contributed by atoms with van der Waals surface area (Å²) in [5, 5.41) is 17.5. The second-order valence-corrected chi connectivity index (χ2v) is 12.3. The van der Waals surface area contributed by atoms with Crippen molar-refractivity contribution in [1.82, 2.24) is 29.7 Å². The van der Waals surface area contributed by atoms with E-state index in [2.05, 4.69) is 16.4 Å². The van der Waals surface area contributed by atoms with Gasteiger partial charge in [0.15, 0.2) is 0 Å². The van der Waals surface area contributed by atoms with E-state index >= 15 is 0 Å². The van der Waals surface area contributed by atoms with Crippen molar-refractivity contribution in [3.8, 4) is 0 Å². The Labute approximate surface area is 231 Å². The number of unbranched alkanes of at least 4 members (excludes halogenated alkanes) is 3. The second kappa shape index (κ2) is 10.4. The SMILES string of the molecule is CN1CC=C[C@H]2S[C@]34C=CCN(Cn5nnc6ccccc65)C(=O)C3N(CCCCCCO)C(=O)[C@@H]4[C@H]2C1=O. The lowest BCUT2D eigenvalue weighted by Crippen LogP contribution is -2.53. The first-order valence-electron chi connectivity index (χ1n) is 13.7. The van der Waals surface area contributed by atoms with Gasteiger partial charge >= 0.3 is 0 Å². The Hall–Kier alpha value is -3.18. The van der Waals surface area contributed by atoms with Gasteiger partial charge in [-0.2, -0.15) is 0 Å². The van der Waals surface area contributed by atoms with Crippen LogP contribution in [0, 0.1) is 11.8 Å². The van der Waals surface area contributed by atoms with E-state index in [-0.39, 0.29) is 36.2 Å². The Morgan fingerprint density at radius 1 is 1.03 bits per heavy atom. The average molecular weight is 551 g/mol. The van der Waals surface area contributed by atoms with E-state index < -0.39 is 22.6 Å². The number of thioether (sulfide) groups is 1. The first-order chi connectivity index (χ1) is 19.0. The molecule has 10 nitrogen and oxygen atoms in total. The number of amides is 3. The number of carbonyl (C=O) groups is 3. The molecule has 3 amide bonds. The number of nitrogens with zero attached hydrogens (tertiary/aromatic N) is 6. The van der Waals surface area contributed by atoms with E-state index in [0.29, 0.717) is 19.6 Å². The zero-order chi connectivity index (χ0) is 27.1. The van der Waals surface area contributed by atoms with Gasteiger partial charge in [-0.3, -0.25) is 14.4 Å². The summed E-state index contributed by atoms with van der Waals surface area (Å²) in [6, 6.07) is 6.93. The van der Waals surface area contributed by atoms with Gasteiger partial charge in [0.25, 0.3) is 0 Å². The molecule has 5 heterocycles. The first-order valence-corrected chi connectivity index (χ1v) is 14.6. The summed E-state index contributed by atoms with van der Waals surface area (Å²) in [4.78, 5) is 47.3. The van der Waals surface area contributed by atoms with Crippen molar-refractivity contribution in [2.24, 2.45) is 11.8 Å². The number of carbonyl (C=O) groups excluding carboxylic acids is 3. The third kappa shape index (κ3) is 4.26. The molecule has 2 aromatic rings. The van der Waals surface area contributed by atoms with Gasteiger partial charge in [0.05, 0.1) is 22.1 Å². The van der Waals surface area contributed by atoms with Crippen LogP contribution in [-0.2, 0) is 21.1 Å². The number of aliphatic hydroxyl groups is 1. The van der Waals surface area contributed by atoms with Crippen molar-refractivity contribution in [3.05, 3.63) is 48.6 Å². The number of benzene rings is 1. The molecule has 4 aliphatic heterocycles. The van der Waals surface area contributed by atoms with Gasteiger partial charge in [-0.25, -0.2) is 4.68 Å². The highest BCUT2D eigenvalue weighted by molar-refractivity contribution is 8.02. The molecule has 0 radical (unpaired) electrons. The van der Waals surface area contributed by atoms with Gasteiger partial charge < -0.3 is 19.8 Å². The van der Waals surface area contributed by atoms with Crippen molar-refractivity contribution in [2.45, 2.75) is 48.4 Å². The number of hydrogen-bond donors (Lipinski definition) is 1. The van der Waals surface area contributed by atoms with Crippen LogP contribution in [0.1, 0.15) is 25.7 Å². The molecular formula is C28H34N6O4S. The predicted octanol–water partition coefficient (Wildman–Crippen LogP) is 1.67. The minimum atomic E-state index is -0.814. The standard InChI is InChI=1S/C28H34N6O4S/c1-31-14-8-12-21-22(25(31)36)23-26(37)33(16-6-2-3-7-17-35)24-27(38)32(15-9-13-28(23,24)39-21)18-34-20-11-5-4-10-19(20)29-30-34/h4-5,8-13,21-24,35H,2-3,6-7,14-18H2,1H3/t21-,22+,23+,24?,28+/m1/s1. The average Bonchev–Trinajstić information content (AvgIpc) is 3.49. The molecule has 1 unspecified atom stereocenters. The van der Waals surface area contributed by atoms with Crippen LogP contribution in [0.3, 0.4) is 0 Å². The number of para-hydroxylation sites is 1. The molecule has 0 saturated carbocycles. The normalized spacial score (nSPS) is 30.1. The van der Waals surface area contributed by atoms with E-state index in [1.807, 2.05) is 42.5 Å². The highest BCUT2D eigenvalue weighted by Crippen LogP contribution is 2.61. The summed E-state index contributed by atoms with van der Waals surface area (Å²) in [6.07, 6.45) is 11.3. The van der Waals surface area contributed by atoms with Gasteiger partial charge in [0.2, 0.25) is 17.7 Å². The highest BCUT2D eigenvalue weighted by Gasteiger charge is 2.70. The summed E-state index contributed by atoms with van der Waals surface area (Å²) in [5.74, 6) is -1.37. The zero-order valence-corrected chi connectivity index (χ0v) is 22.9. The summed E-state index contributed by atoms with van der Waals surface area (Å²) in [5.41, 5.74) is 1.60. The van der Waals surface area contributed by atoms with E-state index in [0.717, 1.165) is 36.7 Å². The molecule has 1 aromatic heterocycles. The fraction of sp³-hybridized carbons (Fsp3) is 0.536. The maximum absolute atomic E-state index is 14.4. The Balaban J connectivity index is 1.35. The van der Waals surface area contributed by atoms with Crippen LogP contribution in [0.5, 0.6) is 0 Å². The molecule has 0 aliphatic carbocycles. The second-order valence-electron chi connectivity index (χ2n) is 10.8. The maximum atomic E-state index is 14.4. The lowest BCUT2D eigenvalue weighted by molar-refractivity contribution is -0.144. The quantitative estimate of drug-likeness (QED) is 0.393. The van der Waals surface area contributed by atoms with Gasteiger partial charge in [-0.15, -0.1) is 16.9 Å². The van der Waals surface area contributed by atoms with Crippen molar-refractivity contribution in [1.29, 1.82) is 0 Å². The Bertz CT molecular complexity index is 1340. The number of aliphatic hydroxyl groups excluding tert-OH is 1. The monoisotopic (exact) mass is 550 g/mol. The zero-order valence-electron chi connectivity index (χ0n) is 22.1. The molecule has 0 bridgehead atoms. The van der Waals surface area contributed by atoms with E-state index in [4.69, 9.17) is 5.11 Å². The van der Waals surface area contributed by atoms with Crippen LogP contribution in [0.15, 0.2) is 48.6 Å². The van der Waals surface area contributed by atoms with Crippen LogP contribution in [0.25, 0.3) is 11.0 Å². The summed E-state index contributed by atoms with van der Waals surface area (Å²) in [7, 11) is 1.78. The molecule has 2 fully saturated rings. The molecule has 206 valence electrons. The smallest absolute Gasteiger partial charge is 0.248 e. The third-order valence-corrected chi connectivity index (χ3v) is 10.2. The summed E-state index contributed by atoms with van der Waals surface area (Å²) < 4.78 is 0.908. The number of fused-ring (bicyclic) bond motifs is 3. The number of aromatic nitrogens is 3. The van der Waals surface area contributed by atoms with Crippen molar-refractivity contribution in [3.63, 3.8) is 0 Å². The molecular weight excluding hydrogens is 516 g/mol. The number of likely N-dealkylation sites (N-methyl/N-ethyl adjacent to an activating group) is 1. The van der Waals surface area contributed by atoms with Gasteiger partial charge in [0, 0.05) is 38.5 Å².